The van der Waals surface area contributed by atoms with E-state index in [1.807, 2.05) is 0 Å². The molecule has 7 heteroatoms. The molecule has 0 radical (unpaired) electrons. The normalized spacial score (nSPS) is 11.6. The van der Waals surface area contributed by atoms with Crippen LogP contribution in [0.4, 0.5) is 5.69 Å². The first-order chi connectivity index (χ1) is 8.41. The first-order valence-corrected chi connectivity index (χ1v) is 5.69. The molecule has 0 fully saturated rings. The Bertz CT molecular complexity index is 435. The minimum Gasteiger partial charge on any atom is -0.394 e. The average Bonchev–Trinajstić information content (AvgIpc) is 2.37. The van der Waals surface area contributed by atoms with Gasteiger partial charge in [0, 0.05) is 23.7 Å². The van der Waals surface area contributed by atoms with Gasteiger partial charge in [0.2, 0.25) is 0 Å². The molecule has 1 aromatic carbocycles. The minimum absolute atomic E-state index is 0.0501. The summed E-state index contributed by atoms with van der Waals surface area (Å²) < 4.78 is 0. The summed E-state index contributed by atoms with van der Waals surface area (Å²) in [6, 6.07) is 4.14. The molecule has 100 valence electrons. The van der Waals surface area contributed by atoms with E-state index in [0.717, 1.165) is 0 Å². The molecule has 0 spiro atoms. The van der Waals surface area contributed by atoms with Gasteiger partial charge < -0.3 is 15.5 Å². The van der Waals surface area contributed by atoms with Gasteiger partial charge in [0.05, 0.1) is 23.7 Å². The molecule has 0 aromatic heterocycles. The lowest BCUT2D eigenvalue weighted by molar-refractivity contribution is -0.384. The monoisotopic (exact) mass is 274 g/mol. The third-order valence-electron chi connectivity index (χ3n) is 2.64. The Balaban J connectivity index is 2.84. The Labute approximate surface area is 109 Å². The fourth-order valence-corrected chi connectivity index (χ4v) is 1.46. The van der Waals surface area contributed by atoms with Gasteiger partial charge in [-0.25, -0.2) is 0 Å². The van der Waals surface area contributed by atoms with Gasteiger partial charge in [-0.15, -0.1) is 0 Å². The second kappa shape index (κ2) is 6.10. The van der Waals surface area contributed by atoms with Crippen LogP contribution in [0.25, 0.3) is 0 Å². The lowest BCUT2D eigenvalue weighted by Gasteiger charge is -2.26. The van der Waals surface area contributed by atoms with Crippen LogP contribution in [0.5, 0.6) is 0 Å². The lowest BCUT2D eigenvalue weighted by Crippen LogP contribution is -2.48. The highest BCUT2D eigenvalue weighted by Crippen LogP contribution is 2.22. The number of nitro groups is 1. The number of aliphatic hydroxyl groups excluding tert-OH is 2. The van der Waals surface area contributed by atoms with Crippen molar-refractivity contribution in [1.82, 2.24) is 5.32 Å². The maximum absolute atomic E-state index is 10.6. The molecule has 0 aliphatic heterocycles. The molecular weight excluding hydrogens is 260 g/mol. The van der Waals surface area contributed by atoms with Crippen molar-refractivity contribution in [2.75, 3.05) is 13.2 Å². The molecule has 1 rings (SSSR count). The summed E-state index contributed by atoms with van der Waals surface area (Å²) in [6.45, 7) is 1.35. The van der Waals surface area contributed by atoms with Gasteiger partial charge >= 0.3 is 0 Å². The first kappa shape index (κ1) is 14.8. The number of halogens is 1. The summed E-state index contributed by atoms with van der Waals surface area (Å²) in [5, 5.41) is 32.2. The van der Waals surface area contributed by atoms with E-state index in [1.165, 1.54) is 18.2 Å². The SMILES string of the molecule is CC(CO)(CO)NCc1cc([N+](=O)[O-])ccc1Cl. The van der Waals surface area contributed by atoms with Crippen LogP contribution in [0.1, 0.15) is 12.5 Å². The maximum atomic E-state index is 10.6. The van der Waals surface area contributed by atoms with E-state index in [2.05, 4.69) is 5.32 Å². The molecule has 0 unspecified atom stereocenters. The predicted molar refractivity (Wildman–Crippen MR) is 67.5 cm³/mol. The molecule has 0 bridgehead atoms. The number of rotatable bonds is 6. The quantitative estimate of drug-likeness (QED) is 0.533. The Kier molecular flexibility index (Phi) is 5.03. The Morgan fingerprint density at radius 1 is 1.44 bits per heavy atom. The van der Waals surface area contributed by atoms with Crippen LogP contribution in [-0.2, 0) is 6.54 Å². The third kappa shape index (κ3) is 3.64. The molecule has 0 saturated heterocycles. The number of nitrogens with zero attached hydrogens (tertiary/aromatic N) is 1. The van der Waals surface area contributed by atoms with Crippen LogP contribution in [0.15, 0.2) is 18.2 Å². The number of hydrogen-bond acceptors (Lipinski definition) is 5. The Morgan fingerprint density at radius 3 is 2.56 bits per heavy atom. The molecule has 0 aliphatic carbocycles. The van der Waals surface area contributed by atoms with Gasteiger partial charge in [-0.1, -0.05) is 11.6 Å². The number of benzene rings is 1. The fourth-order valence-electron chi connectivity index (χ4n) is 1.28. The molecule has 0 heterocycles. The van der Waals surface area contributed by atoms with Crippen LogP contribution in [0, 0.1) is 10.1 Å². The van der Waals surface area contributed by atoms with Crippen molar-refractivity contribution >= 4 is 17.3 Å². The summed E-state index contributed by atoms with van der Waals surface area (Å²) in [5.41, 5.74) is -0.363. The van der Waals surface area contributed by atoms with Gasteiger partial charge in [0.15, 0.2) is 0 Å². The first-order valence-electron chi connectivity index (χ1n) is 5.31. The van der Waals surface area contributed by atoms with E-state index in [4.69, 9.17) is 21.8 Å². The molecule has 0 atom stereocenters. The second-order valence-electron chi connectivity index (χ2n) is 4.26. The average molecular weight is 275 g/mol. The van der Waals surface area contributed by atoms with E-state index >= 15 is 0 Å². The van der Waals surface area contributed by atoms with Gasteiger partial charge in [-0.05, 0) is 18.6 Å². The largest absolute Gasteiger partial charge is 0.394 e. The van der Waals surface area contributed by atoms with E-state index in [9.17, 15) is 10.1 Å². The zero-order chi connectivity index (χ0) is 13.8. The molecule has 0 aliphatic rings. The van der Waals surface area contributed by atoms with Gasteiger partial charge in [0.25, 0.3) is 5.69 Å². The van der Waals surface area contributed by atoms with E-state index < -0.39 is 10.5 Å². The van der Waals surface area contributed by atoms with Crippen molar-refractivity contribution in [3.8, 4) is 0 Å². The molecule has 18 heavy (non-hydrogen) atoms. The van der Waals surface area contributed by atoms with Gasteiger partial charge in [0.1, 0.15) is 0 Å². The number of nitrogens with one attached hydrogen (secondary N) is 1. The van der Waals surface area contributed by atoms with E-state index in [-0.39, 0.29) is 25.4 Å². The molecule has 0 amide bonds. The van der Waals surface area contributed by atoms with Crippen molar-refractivity contribution in [2.45, 2.75) is 19.0 Å². The van der Waals surface area contributed by atoms with Crippen LogP contribution in [-0.4, -0.2) is 33.9 Å². The molecule has 1 aromatic rings. The lowest BCUT2D eigenvalue weighted by atomic mass is 10.0. The smallest absolute Gasteiger partial charge is 0.269 e. The summed E-state index contributed by atoms with van der Waals surface area (Å²) in [4.78, 5) is 10.1. The van der Waals surface area contributed by atoms with Crippen molar-refractivity contribution in [2.24, 2.45) is 0 Å². The zero-order valence-corrected chi connectivity index (χ0v) is 10.6. The predicted octanol–water partition coefficient (Wildman–Crippen LogP) is 1.08. The van der Waals surface area contributed by atoms with Crippen molar-refractivity contribution in [3.05, 3.63) is 38.9 Å². The minimum atomic E-state index is -0.853. The number of nitro benzene ring substituents is 1. The number of aliphatic hydroxyl groups is 2. The Morgan fingerprint density at radius 2 is 2.06 bits per heavy atom. The summed E-state index contributed by atoms with van der Waals surface area (Å²) in [5.74, 6) is 0. The van der Waals surface area contributed by atoms with Crippen molar-refractivity contribution in [3.63, 3.8) is 0 Å². The van der Waals surface area contributed by atoms with Crippen molar-refractivity contribution in [1.29, 1.82) is 0 Å². The van der Waals surface area contributed by atoms with Crippen LogP contribution < -0.4 is 5.32 Å². The van der Waals surface area contributed by atoms with Crippen LogP contribution in [0.2, 0.25) is 5.02 Å². The Hall–Kier alpha value is -1.21. The molecular formula is C11H15ClN2O4. The third-order valence-corrected chi connectivity index (χ3v) is 3.01. The standard InChI is InChI=1S/C11H15ClN2O4/c1-11(6-15,7-16)13-5-8-4-9(14(17)18)2-3-10(8)12/h2-4,13,15-16H,5-7H2,1H3. The second-order valence-corrected chi connectivity index (χ2v) is 4.67. The van der Waals surface area contributed by atoms with Crippen molar-refractivity contribution < 1.29 is 15.1 Å². The summed E-state index contributed by atoms with van der Waals surface area (Å²) in [7, 11) is 0. The molecule has 6 nitrogen and oxygen atoms in total. The fraction of sp³-hybridized carbons (Fsp3) is 0.455. The number of non-ortho nitro benzene ring substituents is 1. The highest BCUT2D eigenvalue weighted by molar-refractivity contribution is 6.31. The summed E-state index contributed by atoms with van der Waals surface area (Å²) in [6.07, 6.45) is 0. The highest BCUT2D eigenvalue weighted by atomic mass is 35.5. The molecule has 3 N–H and O–H groups in total. The van der Waals surface area contributed by atoms with E-state index in [1.54, 1.807) is 6.92 Å². The van der Waals surface area contributed by atoms with Crippen LogP contribution in [0.3, 0.4) is 0 Å². The topological polar surface area (TPSA) is 95.6 Å². The molecule has 0 saturated carbocycles. The zero-order valence-electron chi connectivity index (χ0n) is 9.89. The van der Waals surface area contributed by atoms with E-state index in [0.29, 0.717) is 10.6 Å². The maximum Gasteiger partial charge on any atom is 0.269 e. The van der Waals surface area contributed by atoms with Gasteiger partial charge in [-0.2, -0.15) is 0 Å². The summed E-state index contributed by atoms with van der Waals surface area (Å²) >= 11 is 5.93. The van der Waals surface area contributed by atoms with Gasteiger partial charge in [-0.3, -0.25) is 10.1 Å². The highest BCUT2D eigenvalue weighted by Gasteiger charge is 2.22. The number of hydrogen-bond donors (Lipinski definition) is 3. The van der Waals surface area contributed by atoms with Crippen LogP contribution >= 0.6 is 11.6 Å².